The Kier molecular flexibility index (Phi) is 3.91. The van der Waals surface area contributed by atoms with Crippen molar-refractivity contribution >= 4 is 17.7 Å². The monoisotopic (exact) mass is 268 g/mol. The zero-order valence-electron chi connectivity index (χ0n) is 10.5. The minimum Gasteiger partial charge on any atom is -0.366 e. The molecule has 0 saturated carbocycles. The second-order valence-electron chi connectivity index (χ2n) is 4.16. The number of rotatable bonds is 4. The molecule has 0 fully saturated rings. The van der Waals surface area contributed by atoms with Gasteiger partial charge in [-0.3, -0.25) is 14.9 Å². The first-order valence-corrected chi connectivity index (χ1v) is 5.88. The molecule has 0 aliphatic rings. The predicted molar refractivity (Wildman–Crippen MR) is 76.8 cm³/mol. The number of hydrogen-bond donors (Lipinski definition) is 1. The lowest BCUT2D eigenvalue weighted by molar-refractivity contribution is -0.384. The fraction of sp³-hybridized carbons (Fsp3) is 0. The highest BCUT2D eigenvalue weighted by Crippen LogP contribution is 2.22. The van der Waals surface area contributed by atoms with Crippen LogP contribution in [0, 0.1) is 10.1 Å². The maximum atomic E-state index is 10.6. The molecule has 2 aromatic rings. The molecule has 20 heavy (non-hydrogen) atoms. The minimum atomic E-state index is -0.496. The molecule has 100 valence electrons. The molecule has 0 spiro atoms. The summed E-state index contributed by atoms with van der Waals surface area (Å²) < 4.78 is 0. The first kappa shape index (κ1) is 13.5. The number of primary amides is 1. The number of nitro benzene ring substituents is 1. The zero-order chi connectivity index (χ0) is 14.5. The van der Waals surface area contributed by atoms with E-state index in [4.69, 9.17) is 5.73 Å². The highest BCUT2D eigenvalue weighted by molar-refractivity contribution is 5.90. The van der Waals surface area contributed by atoms with E-state index in [1.165, 1.54) is 18.2 Å². The highest BCUT2D eigenvalue weighted by atomic mass is 16.6. The largest absolute Gasteiger partial charge is 0.366 e. The van der Waals surface area contributed by atoms with Crippen LogP contribution in [0.15, 0.2) is 54.6 Å². The fourth-order valence-corrected chi connectivity index (χ4v) is 1.74. The quantitative estimate of drug-likeness (QED) is 0.525. The van der Waals surface area contributed by atoms with Crippen LogP contribution in [0.5, 0.6) is 0 Å². The van der Waals surface area contributed by atoms with Crippen molar-refractivity contribution in [2.75, 3.05) is 0 Å². The number of nitrogens with two attached hydrogens (primary N) is 1. The molecule has 2 aromatic carbocycles. The van der Waals surface area contributed by atoms with Crippen molar-refractivity contribution in [2.45, 2.75) is 0 Å². The molecule has 0 bridgehead atoms. The number of nitrogens with zero attached hydrogens (tertiary/aromatic N) is 1. The number of carbonyl (C=O) groups excluding carboxylic acids is 1. The van der Waals surface area contributed by atoms with Crippen LogP contribution in [-0.4, -0.2) is 10.8 Å². The van der Waals surface area contributed by atoms with Gasteiger partial charge in [0, 0.05) is 18.2 Å². The van der Waals surface area contributed by atoms with Gasteiger partial charge in [-0.15, -0.1) is 0 Å². The Balaban J connectivity index is 2.21. The number of non-ortho nitro benzene ring substituents is 1. The molecular weight excluding hydrogens is 256 g/mol. The van der Waals surface area contributed by atoms with Gasteiger partial charge in [-0.1, -0.05) is 24.3 Å². The summed E-state index contributed by atoms with van der Waals surface area (Å²) in [7, 11) is 0. The second kappa shape index (κ2) is 5.79. The van der Waals surface area contributed by atoms with Crippen molar-refractivity contribution in [2.24, 2.45) is 5.73 Å². The minimum absolute atomic E-state index is 0.0646. The normalized spacial score (nSPS) is 10.6. The van der Waals surface area contributed by atoms with Gasteiger partial charge < -0.3 is 5.73 Å². The van der Waals surface area contributed by atoms with Crippen molar-refractivity contribution in [3.63, 3.8) is 0 Å². The summed E-state index contributed by atoms with van der Waals surface area (Å²) in [5.41, 5.74) is 7.77. The van der Waals surface area contributed by atoms with Crippen LogP contribution in [0.25, 0.3) is 17.2 Å². The molecule has 0 unspecified atom stereocenters. The summed E-state index contributed by atoms with van der Waals surface area (Å²) in [5.74, 6) is -0.496. The molecule has 1 amide bonds. The van der Waals surface area contributed by atoms with Gasteiger partial charge in [-0.2, -0.15) is 0 Å². The molecule has 5 heteroatoms. The SMILES string of the molecule is NC(=O)C=Cc1ccc(-c2ccc([N+](=O)[O-])cc2)cc1. The third kappa shape index (κ3) is 3.29. The van der Waals surface area contributed by atoms with Crippen molar-refractivity contribution in [1.82, 2.24) is 0 Å². The Bertz CT molecular complexity index is 659. The van der Waals surface area contributed by atoms with E-state index < -0.39 is 10.8 Å². The topological polar surface area (TPSA) is 86.2 Å². The fourth-order valence-electron chi connectivity index (χ4n) is 1.74. The smallest absolute Gasteiger partial charge is 0.269 e. The van der Waals surface area contributed by atoms with Crippen LogP contribution in [0.1, 0.15) is 5.56 Å². The van der Waals surface area contributed by atoms with Crippen molar-refractivity contribution in [3.8, 4) is 11.1 Å². The molecule has 2 N–H and O–H groups in total. The van der Waals surface area contributed by atoms with Crippen LogP contribution >= 0.6 is 0 Å². The van der Waals surface area contributed by atoms with E-state index in [0.29, 0.717) is 0 Å². The lowest BCUT2D eigenvalue weighted by atomic mass is 10.0. The average molecular weight is 268 g/mol. The molecule has 0 radical (unpaired) electrons. The van der Waals surface area contributed by atoms with Crippen LogP contribution in [0.2, 0.25) is 0 Å². The van der Waals surface area contributed by atoms with E-state index in [9.17, 15) is 14.9 Å². The Hall–Kier alpha value is -2.95. The third-order valence-electron chi connectivity index (χ3n) is 2.76. The summed E-state index contributed by atoms with van der Waals surface area (Å²) in [4.78, 5) is 20.8. The zero-order valence-corrected chi connectivity index (χ0v) is 10.5. The Morgan fingerprint density at radius 2 is 1.50 bits per heavy atom. The highest BCUT2D eigenvalue weighted by Gasteiger charge is 2.04. The Morgan fingerprint density at radius 3 is 1.95 bits per heavy atom. The van der Waals surface area contributed by atoms with Gasteiger partial charge in [-0.05, 0) is 34.9 Å². The van der Waals surface area contributed by atoms with E-state index in [1.807, 2.05) is 24.3 Å². The van der Waals surface area contributed by atoms with E-state index in [-0.39, 0.29) is 5.69 Å². The Labute approximate surface area is 115 Å². The summed E-state index contributed by atoms with van der Waals surface area (Å²) >= 11 is 0. The molecule has 5 nitrogen and oxygen atoms in total. The lowest BCUT2D eigenvalue weighted by Crippen LogP contribution is -2.04. The third-order valence-corrected chi connectivity index (χ3v) is 2.76. The molecule has 0 aromatic heterocycles. The van der Waals surface area contributed by atoms with Gasteiger partial charge in [0.25, 0.3) is 5.69 Å². The summed E-state index contributed by atoms with van der Waals surface area (Å²) in [6, 6.07) is 13.8. The van der Waals surface area contributed by atoms with Gasteiger partial charge in [0.1, 0.15) is 0 Å². The molecule has 0 aliphatic heterocycles. The van der Waals surface area contributed by atoms with E-state index >= 15 is 0 Å². The Morgan fingerprint density at radius 1 is 1.00 bits per heavy atom. The number of nitro groups is 1. The van der Waals surface area contributed by atoms with E-state index in [1.54, 1.807) is 18.2 Å². The van der Waals surface area contributed by atoms with Crippen molar-refractivity contribution < 1.29 is 9.72 Å². The van der Waals surface area contributed by atoms with E-state index in [0.717, 1.165) is 16.7 Å². The molecule has 0 saturated heterocycles. The van der Waals surface area contributed by atoms with Gasteiger partial charge in [-0.25, -0.2) is 0 Å². The number of amides is 1. The lowest BCUT2D eigenvalue weighted by Gasteiger charge is -2.02. The first-order chi connectivity index (χ1) is 9.56. The number of benzene rings is 2. The molecule has 0 heterocycles. The summed E-state index contributed by atoms with van der Waals surface area (Å²) in [6.07, 6.45) is 2.92. The van der Waals surface area contributed by atoms with Crippen molar-refractivity contribution in [1.29, 1.82) is 0 Å². The molecular formula is C15H12N2O3. The first-order valence-electron chi connectivity index (χ1n) is 5.88. The van der Waals surface area contributed by atoms with Crippen LogP contribution in [0.4, 0.5) is 5.69 Å². The van der Waals surface area contributed by atoms with Crippen LogP contribution in [0.3, 0.4) is 0 Å². The van der Waals surface area contributed by atoms with Gasteiger partial charge in [0.05, 0.1) is 4.92 Å². The maximum absolute atomic E-state index is 10.6. The average Bonchev–Trinajstić information content (AvgIpc) is 2.46. The molecule has 0 atom stereocenters. The number of hydrogen-bond acceptors (Lipinski definition) is 3. The summed E-state index contributed by atoms with van der Waals surface area (Å²) in [5, 5.41) is 10.6. The molecule has 2 rings (SSSR count). The maximum Gasteiger partial charge on any atom is 0.269 e. The van der Waals surface area contributed by atoms with Gasteiger partial charge in [0.2, 0.25) is 5.91 Å². The number of carbonyl (C=O) groups is 1. The van der Waals surface area contributed by atoms with Gasteiger partial charge >= 0.3 is 0 Å². The second-order valence-corrected chi connectivity index (χ2v) is 4.16. The van der Waals surface area contributed by atoms with Crippen LogP contribution in [-0.2, 0) is 4.79 Å². The van der Waals surface area contributed by atoms with Gasteiger partial charge in [0.15, 0.2) is 0 Å². The molecule has 0 aliphatic carbocycles. The van der Waals surface area contributed by atoms with Crippen molar-refractivity contribution in [3.05, 3.63) is 70.3 Å². The van der Waals surface area contributed by atoms with E-state index in [2.05, 4.69) is 0 Å². The summed E-state index contributed by atoms with van der Waals surface area (Å²) in [6.45, 7) is 0. The van der Waals surface area contributed by atoms with Crippen LogP contribution < -0.4 is 5.73 Å². The standard InChI is InChI=1S/C15H12N2O3/c16-15(18)10-3-11-1-4-12(5-2-11)13-6-8-14(9-7-13)17(19)20/h1-10H,(H2,16,18). The predicted octanol–water partition coefficient (Wildman–Crippen LogP) is 2.76.